The van der Waals surface area contributed by atoms with Gasteiger partial charge in [-0.25, -0.2) is 19.3 Å². The molecular weight excluding hydrogens is 605 g/mol. The van der Waals surface area contributed by atoms with Crippen LogP contribution in [-0.2, 0) is 11.3 Å². The molecule has 0 saturated carbocycles. The molecule has 0 amide bonds. The fraction of sp³-hybridized carbons (Fsp3) is 0.385. The first kappa shape index (κ1) is 41.4. The van der Waals surface area contributed by atoms with Crippen LogP contribution in [0, 0.1) is 11.8 Å². The first-order valence-electron chi connectivity index (χ1n) is 16.6. The molecule has 4 aromatic rings. The maximum atomic E-state index is 13.9. The molecule has 3 N–H and O–H groups in total. The number of allylic oxidation sites excluding steroid dienone is 4. The maximum Gasteiger partial charge on any atom is 0.303 e. The van der Waals surface area contributed by atoms with E-state index in [4.69, 9.17) is 20.2 Å². The number of carboxylic acids is 1. The van der Waals surface area contributed by atoms with Crippen molar-refractivity contribution in [3.8, 4) is 22.8 Å². The van der Waals surface area contributed by atoms with E-state index < -0.39 is 5.97 Å². The first-order chi connectivity index (χ1) is 23.1. The second-order valence-electron chi connectivity index (χ2n) is 11.2. The van der Waals surface area contributed by atoms with E-state index in [2.05, 4.69) is 35.6 Å². The van der Waals surface area contributed by atoms with Crippen LogP contribution in [0.3, 0.4) is 0 Å². The van der Waals surface area contributed by atoms with Crippen molar-refractivity contribution in [2.24, 2.45) is 11.8 Å². The molecule has 2 aromatic heterocycles. The number of aliphatic hydroxyl groups excluding tert-OH is 1. The molecular formula is C39H54FN5O3. The van der Waals surface area contributed by atoms with Crippen molar-refractivity contribution in [3.05, 3.63) is 103 Å². The summed E-state index contributed by atoms with van der Waals surface area (Å²) < 4.78 is 16.0. The van der Waals surface area contributed by atoms with Crippen LogP contribution in [0.15, 0.2) is 97.0 Å². The van der Waals surface area contributed by atoms with Crippen molar-refractivity contribution in [2.75, 3.05) is 12.4 Å². The summed E-state index contributed by atoms with van der Waals surface area (Å²) in [6.45, 7) is 16.7. The average molecular weight is 660 g/mol. The largest absolute Gasteiger partial charge is 0.481 e. The monoisotopic (exact) mass is 659 g/mol. The van der Waals surface area contributed by atoms with Crippen LogP contribution in [0.5, 0.6) is 0 Å². The second kappa shape index (κ2) is 22.8. The molecule has 48 heavy (non-hydrogen) atoms. The zero-order valence-corrected chi connectivity index (χ0v) is 30.0. The molecule has 0 aliphatic carbocycles. The summed E-state index contributed by atoms with van der Waals surface area (Å²) in [6.07, 6.45) is 7.85. The highest BCUT2D eigenvalue weighted by molar-refractivity contribution is 5.68. The molecule has 0 aliphatic rings. The third-order valence-electron chi connectivity index (χ3n) is 6.93. The number of hydrogen-bond acceptors (Lipinski definition) is 6. The Morgan fingerprint density at radius 3 is 2.10 bits per heavy atom. The number of imidazole rings is 1. The topological polar surface area (TPSA) is 113 Å². The highest BCUT2D eigenvalue weighted by Crippen LogP contribution is 2.34. The molecule has 8 nitrogen and oxygen atoms in total. The number of anilines is 2. The van der Waals surface area contributed by atoms with E-state index in [0.29, 0.717) is 29.9 Å². The minimum atomic E-state index is -0.687. The minimum Gasteiger partial charge on any atom is -0.481 e. The van der Waals surface area contributed by atoms with Gasteiger partial charge in [-0.05, 0) is 56.4 Å². The van der Waals surface area contributed by atoms with Gasteiger partial charge in [-0.15, -0.1) is 0 Å². The number of nitrogens with zero attached hydrogens (tertiary/aromatic N) is 4. The Morgan fingerprint density at radius 1 is 0.958 bits per heavy atom. The predicted octanol–water partition coefficient (Wildman–Crippen LogP) is 10.1. The van der Waals surface area contributed by atoms with E-state index in [0.717, 1.165) is 48.5 Å². The molecule has 0 aliphatic heterocycles. The Hall–Kier alpha value is -4.63. The van der Waals surface area contributed by atoms with Crippen LogP contribution in [0.25, 0.3) is 22.8 Å². The number of nitrogens with one attached hydrogen (secondary N) is 1. The lowest BCUT2D eigenvalue weighted by molar-refractivity contribution is -0.138. The lowest BCUT2D eigenvalue weighted by Gasteiger charge is -2.14. The summed E-state index contributed by atoms with van der Waals surface area (Å²) in [6, 6.07) is 21.7. The molecule has 0 fully saturated rings. The molecule has 2 atom stereocenters. The number of benzene rings is 2. The van der Waals surface area contributed by atoms with Crippen molar-refractivity contribution < 1.29 is 19.4 Å². The Morgan fingerprint density at radius 2 is 1.56 bits per heavy atom. The van der Waals surface area contributed by atoms with Crippen LogP contribution in [0.1, 0.15) is 79.8 Å². The number of aromatic nitrogens is 4. The van der Waals surface area contributed by atoms with Gasteiger partial charge in [0.25, 0.3) is 0 Å². The number of aliphatic carboxylic acids is 1. The molecule has 2 unspecified atom stereocenters. The number of halogens is 1. The van der Waals surface area contributed by atoms with Gasteiger partial charge in [-0.1, -0.05) is 102 Å². The number of carboxylic acid groups (broad SMARTS) is 1. The minimum absolute atomic E-state index is 0.0916. The normalized spacial score (nSPS) is 12.1. The van der Waals surface area contributed by atoms with Gasteiger partial charge in [0.15, 0.2) is 0 Å². The SMILES string of the molecule is C/C=C(F)\C=C/C(C)c1c(-c2ccnc(Nc3ccccc3)n2)nc(-c2ccccc2)n1CC.CC.CC(C)CC(C)CC(=O)O.CO. The van der Waals surface area contributed by atoms with E-state index in [1.54, 1.807) is 13.1 Å². The van der Waals surface area contributed by atoms with Crippen molar-refractivity contribution >= 4 is 17.6 Å². The Balaban J connectivity index is 0.000000702. The standard InChI is InChI=1S/C28H28FN5.C8H16O2.C2H6.CH4O/c1-4-22(29)17-16-20(3)26-25(33-27(34(26)5-2)21-12-8-6-9-13-21)24-18-19-30-28(32-24)31-23-14-10-7-11-15-23;1-6(2)4-7(3)5-8(9)10;2*1-2/h4,6-20H,5H2,1-3H3,(H,30,31,32);6-7H,4-5H2,1-3H3,(H,9,10);1-2H3;2H,1H3/b17-16-,22-4+;;;. The summed E-state index contributed by atoms with van der Waals surface area (Å²) in [5.74, 6) is 1.22. The summed E-state index contributed by atoms with van der Waals surface area (Å²) in [4.78, 5) is 24.4. The van der Waals surface area contributed by atoms with Crippen molar-refractivity contribution in [3.63, 3.8) is 0 Å². The van der Waals surface area contributed by atoms with Crippen LogP contribution in [0.4, 0.5) is 16.0 Å². The third-order valence-corrected chi connectivity index (χ3v) is 6.93. The third kappa shape index (κ3) is 13.6. The average Bonchev–Trinajstić information content (AvgIpc) is 3.49. The van der Waals surface area contributed by atoms with Crippen molar-refractivity contribution in [1.82, 2.24) is 19.5 Å². The van der Waals surface area contributed by atoms with Gasteiger partial charge in [0.1, 0.15) is 17.3 Å². The first-order valence-corrected chi connectivity index (χ1v) is 16.6. The molecule has 0 spiro atoms. The van der Waals surface area contributed by atoms with Gasteiger partial charge in [0, 0.05) is 43.4 Å². The number of aliphatic hydroxyl groups is 1. The van der Waals surface area contributed by atoms with Crippen LogP contribution in [-0.4, -0.2) is 42.8 Å². The Labute approximate surface area is 286 Å². The number of para-hydroxylation sites is 1. The summed E-state index contributed by atoms with van der Waals surface area (Å²) in [5, 5.41) is 18.6. The van der Waals surface area contributed by atoms with E-state index in [-0.39, 0.29) is 11.7 Å². The summed E-state index contributed by atoms with van der Waals surface area (Å²) in [7, 11) is 1.00. The molecule has 4 rings (SSSR count). The second-order valence-corrected chi connectivity index (χ2v) is 11.2. The quantitative estimate of drug-likeness (QED) is 0.130. The number of carbonyl (C=O) groups is 1. The fourth-order valence-electron chi connectivity index (χ4n) is 5.05. The highest BCUT2D eigenvalue weighted by Gasteiger charge is 2.23. The van der Waals surface area contributed by atoms with E-state index >= 15 is 0 Å². The summed E-state index contributed by atoms with van der Waals surface area (Å²) >= 11 is 0. The van der Waals surface area contributed by atoms with E-state index in [9.17, 15) is 9.18 Å². The zero-order chi connectivity index (χ0) is 36.1. The van der Waals surface area contributed by atoms with Gasteiger partial charge in [-0.2, -0.15) is 0 Å². The van der Waals surface area contributed by atoms with Crippen molar-refractivity contribution in [1.29, 1.82) is 0 Å². The summed E-state index contributed by atoms with van der Waals surface area (Å²) in [5.41, 5.74) is 4.37. The van der Waals surface area contributed by atoms with Crippen molar-refractivity contribution in [2.45, 2.75) is 80.7 Å². The van der Waals surface area contributed by atoms with E-state index in [1.807, 2.05) is 101 Å². The molecule has 9 heteroatoms. The zero-order valence-electron chi connectivity index (χ0n) is 30.0. The van der Waals surface area contributed by atoms with E-state index in [1.165, 1.54) is 12.2 Å². The van der Waals surface area contributed by atoms with Crippen LogP contribution in [0.2, 0.25) is 0 Å². The van der Waals surface area contributed by atoms with Gasteiger partial charge >= 0.3 is 5.97 Å². The Bertz CT molecular complexity index is 1540. The molecule has 0 radical (unpaired) electrons. The maximum absolute atomic E-state index is 13.9. The molecule has 260 valence electrons. The van der Waals surface area contributed by atoms with Gasteiger partial charge < -0.3 is 20.1 Å². The molecule has 2 heterocycles. The molecule has 2 aromatic carbocycles. The molecule has 0 saturated heterocycles. The molecule has 0 bridgehead atoms. The lowest BCUT2D eigenvalue weighted by atomic mass is 9.96. The number of rotatable bonds is 12. The number of hydrogen-bond donors (Lipinski definition) is 3. The van der Waals surface area contributed by atoms with Crippen LogP contribution >= 0.6 is 0 Å². The van der Waals surface area contributed by atoms with Gasteiger partial charge in [0.2, 0.25) is 5.95 Å². The predicted molar refractivity (Wildman–Crippen MR) is 197 cm³/mol. The highest BCUT2D eigenvalue weighted by atomic mass is 19.1. The lowest BCUT2D eigenvalue weighted by Crippen LogP contribution is -2.06. The smallest absolute Gasteiger partial charge is 0.303 e. The van der Waals surface area contributed by atoms with Gasteiger partial charge in [0.05, 0.1) is 11.4 Å². The fourth-order valence-corrected chi connectivity index (χ4v) is 5.05. The van der Waals surface area contributed by atoms with Gasteiger partial charge in [-0.3, -0.25) is 4.79 Å². The van der Waals surface area contributed by atoms with Crippen LogP contribution < -0.4 is 5.32 Å². The Kier molecular flexibility index (Phi) is 19.7.